The van der Waals surface area contributed by atoms with Crippen LogP contribution in [0, 0.1) is 11.8 Å². The van der Waals surface area contributed by atoms with Crippen LogP contribution < -0.4 is 0 Å². The molecule has 0 N–H and O–H groups in total. The number of hydrogen-bond acceptors (Lipinski definition) is 0. The first-order chi connectivity index (χ1) is 5.43. The maximum atomic E-state index is 12.8. The van der Waals surface area contributed by atoms with Crippen LogP contribution in [-0.2, 0) is 0 Å². The predicted octanol–water partition coefficient (Wildman–Crippen LogP) is 4.01. The molecule has 0 saturated heterocycles. The van der Waals surface area contributed by atoms with E-state index in [1.807, 2.05) is 13.8 Å². The van der Waals surface area contributed by atoms with Gasteiger partial charge in [0.05, 0.1) is 0 Å². The van der Waals surface area contributed by atoms with E-state index in [1.54, 1.807) is 13.8 Å². The van der Waals surface area contributed by atoms with Crippen LogP contribution in [0.1, 0.15) is 27.7 Å². The van der Waals surface area contributed by atoms with E-state index in [-0.39, 0.29) is 11.8 Å². The van der Waals surface area contributed by atoms with Gasteiger partial charge in [-0.15, -0.1) is 0 Å². The molecule has 70 valence electrons. The van der Waals surface area contributed by atoms with Gasteiger partial charge in [-0.3, -0.25) is 0 Å². The van der Waals surface area contributed by atoms with Gasteiger partial charge in [0.25, 0.3) is 0 Å². The third-order valence-corrected chi connectivity index (χ3v) is 1.32. The molecule has 0 unspecified atom stereocenters. The Morgan fingerprint density at radius 1 is 1.08 bits per heavy atom. The summed E-state index contributed by atoms with van der Waals surface area (Å²) in [5.74, 6) is -1.03. The molecule has 0 amide bonds. The van der Waals surface area contributed by atoms with E-state index in [1.165, 1.54) is 6.08 Å². The molecule has 0 fully saturated rings. The quantitative estimate of drug-likeness (QED) is 0.567. The fraction of sp³-hybridized carbons (Fsp3) is 0.600. The van der Waals surface area contributed by atoms with Crippen molar-refractivity contribution in [3.63, 3.8) is 0 Å². The third-order valence-electron chi connectivity index (χ3n) is 1.32. The Labute approximate surface area is 73.0 Å². The van der Waals surface area contributed by atoms with Crippen LogP contribution in [0.3, 0.4) is 0 Å². The molecular formula is C10H16F2. The lowest BCUT2D eigenvalue weighted by atomic mass is 10.1. The van der Waals surface area contributed by atoms with Gasteiger partial charge in [0.2, 0.25) is 0 Å². The molecule has 0 aromatic carbocycles. The average molecular weight is 174 g/mol. The zero-order valence-electron chi connectivity index (χ0n) is 8.07. The second-order valence-electron chi connectivity index (χ2n) is 3.48. The highest BCUT2D eigenvalue weighted by Gasteiger charge is 2.02. The monoisotopic (exact) mass is 174 g/mol. The van der Waals surface area contributed by atoms with Crippen LogP contribution >= 0.6 is 0 Å². The first-order valence-electron chi connectivity index (χ1n) is 4.18. The van der Waals surface area contributed by atoms with E-state index >= 15 is 0 Å². The van der Waals surface area contributed by atoms with Gasteiger partial charge < -0.3 is 0 Å². The summed E-state index contributed by atoms with van der Waals surface area (Å²) in [5, 5.41) is 0. The Balaban J connectivity index is 4.33. The lowest BCUT2D eigenvalue weighted by molar-refractivity contribution is 0.511. The lowest BCUT2D eigenvalue weighted by Crippen LogP contribution is -1.87. The predicted molar refractivity (Wildman–Crippen MR) is 48.1 cm³/mol. The molecule has 0 atom stereocenters. The van der Waals surface area contributed by atoms with Crippen molar-refractivity contribution in [2.45, 2.75) is 27.7 Å². The van der Waals surface area contributed by atoms with Gasteiger partial charge >= 0.3 is 0 Å². The summed E-state index contributed by atoms with van der Waals surface area (Å²) in [6, 6.07) is 0. The molecule has 0 aliphatic heterocycles. The maximum absolute atomic E-state index is 12.8. The van der Waals surface area contributed by atoms with Gasteiger partial charge in [0, 0.05) is 12.0 Å². The van der Waals surface area contributed by atoms with E-state index in [4.69, 9.17) is 0 Å². The second-order valence-corrected chi connectivity index (χ2v) is 3.48. The summed E-state index contributed by atoms with van der Waals surface area (Å²) in [7, 11) is 0. The molecule has 2 heteroatoms. The summed E-state index contributed by atoms with van der Waals surface area (Å²) < 4.78 is 25.6. The smallest absolute Gasteiger partial charge is 0.122 e. The minimum Gasteiger partial charge on any atom is -0.211 e. The van der Waals surface area contributed by atoms with E-state index in [2.05, 4.69) is 0 Å². The molecule has 0 heterocycles. The Bertz CT molecular complexity index is 188. The average Bonchev–Trinajstić information content (AvgIpc) is 1.84. The van der Waals surface area contributed by atoms with Crippen molar-refractivity contribution in [1.82, 2.24) is 0 Å². The molecule has 0 rings (SSSR count). The summed E-state index contributed by atoms with van der Waals surface area (Å²) >= 11 is 0. The van der Waals surface area contributed by atoms with Crippen LogP contribution in [0.25, 0.3) is 0 Å². The minimum atomic E-state index is -0.490. The SMILES string of the molecule is CC(C)/C=C(F)/C=C(\F)C(C)C. The van der Waals surface area contributed by atoms with Crippen LogP contribution in [0.4, 0.5) is 8.78 Å². The number of halogens is 2. The van der Waals surface area contributed by atoms with Crippen molar-refractivity contribution in [2.24, 2.45) is 11.8 Å². The van der Waals surface area contributed by atoms with Gasteiger partial charge in [-0.2, -0.15) is 0 Å². The summed E-state index contributed by atoms with van der Waals surface area (Å²) in [6.45, 7) is 7.07. The molecular weight excluding hydrogens is 158 g/mol. The number of hydrogen-bond donors (Lipinski definition) is 0. The molecule has 0 aliphatic carbocycles. The Morgan fingerprint density at radius 2 is 1.58 bits per heavy atom. The molecule has 0 aliphatic rings. The Kier molecular flexibility index (Phi) is 4.79. The first-order valence-corrected chi connectivity index (χ1v) is 4.18. The van der Waals surface area contributed by atoms with E-state index < -0.39 is 11.7 Å². The normalized spacial score (nSPS) is 14.7. The summed E-state index contributed by atoms with van der Waals surface area (Å²) in [4.78, 5) is 0. The molecule has 0 spiro atoms. The summed E-state index contributed by atoms with van der Waals surface area (Å²) in [6.07, 6.45) is 2.34. The van der Waals surface area contributed by atoms with Crippen molar-refractivity contribution in [2.75, 3.05) is 0 Å². The summed E-state index contributed by atoms with van der Waals surface area (Å²) in [5.41, 5.74) is 0. The molecule has 12 heavy (non-hydrogen) atoms. The highest BCUT2D eigenvalue weighted by molar-refractivity contribution is 5.15. The minimum absolute atomic E-state index is 0.112. The molecule has 0 saturated carbocycles. The zero-order valence-corrected chi connectivity index (χ0v) is 8.07. The van der Waals surface area contributed by atoms with Crippen LogP contribution in [0.2, 0.25) is 0 Å². The highest BCUT2D eigenvalue weighted by atomic mass is 19.1. The van der Waals surface area contributed by atoms with Crippen molar-refractivity contribution < 1.29 is 8.78 Å². The molecule has 0 radical (unpaired) electrons. The topological polar surface area (TPSA) is 0 Å². The molecule has 0 nitrogen and oxygen atoms in total. The van der Waals surface area contributed by atoms with Gasteiger partial charge in [-0.05, 0) is 12.0 Å². The largest absolute Gasteiger partial charge is 0.211 e. The van der Waals surface area contributed by atoms with Gasteiger partial charge in [-0.25, -0.2) is 8.78 Å². The molecule has 0 aromatic rings. The lowest BCUT2D eigenvalue weighted by Gasteiger charge is -1.99. The number of allylic oxidation sites excluding steroid dienone is 4. The van der Waals surface area contributed by atoms with Crippen molar-refractivity contribution in [3.8, 4) is 0 Å². The first kappa shape index (κ1) is 11.3. The highest BCUT2D eigenvalue weighted by Crippen LogP contribution is 2.15. The van der Waals surface area contributed by atoms with E-state index in [9.17, 15) is 8.78 Å². The van der Waals surface area contributed by atoms with Crippen molar-refractivity contribution in [3.05, 3.63) is 23.8 Å². The van der Waals surface area contributed by atoms with E-state index in [0.717, 1.165) is 6.08 Å². The van der Waals surface area contributed by atoms with Gasteiger partial charge in [0.1, 0.15) is 11.7 Å². The number of rotatable bonds is 3. The second kappa shape index (κ2) is 5.07. The van der Waals surface area contributed by atoms with Gasteiger partial charge in [0.15, 0.2) is 0 Å². The van der Waals surface area contributed by atoms with Crippen LogP contribution in [-0.4, -0.2) is 0 Å². The fourth-order valence-electron chi connectivity index (χ4n) is 0.665. The maximum Gasteiger partial charge on any atom is 0.122 e. The third kappa shape index (κ3) is 5.05. The zero-order chi connectivity index (χ0) is 9.72. The van der Waals surface area contributed by atoms with Crippen LogP contribution in [0.5, 0.6) is 0 Å². The fourth-order valence-corrected chi connectivity index (χ4v) is 0.665. The van der Waals surface area contributed by atoms with Crippen molar-refractivity contribution >= 4 is 0 Å². The van der Waals surface area contributed by atoms with Crippen LogP contribution in [0.15, 0.2) is 23.8 Å². The Morgan fingerprint density at radius 3 is 1.92 bits per heavy atom. The van der Waals surface area contributed by atoms with E-state index in [0.29, 0.717) is 0 Å². The molecule has 0 aromatic heterocycles. The standard InChI is InChI=1S/C10H16F2/c1-7(2)5-9(11)6-10(12)8(3)4/h5-8H,1-4H3/b9-5-,10-6-. The molecule has 0 bridgehead atoms. The van der Waals surface area contributed by atoms with Gasteiger partial charge in [-0.1, -0.05) is 27.7 Å². The Hall–Kier alpha value is -0.660. The van der Waals surface area contributed by atoms with Crippen molar-refractivity contribution in [1.29, 1.82) is 0 Å².